The summed E-state index contributed by atoms with van der Waals surface area (Å²) in [7, 11) is -3.88. The van der Waals surface area contributed by atoms with Crippen LogP contribution in [0.4, 0.5) is 0 Å². The molecule has 0 saturated heterocycles. The van der Waals surface area contributed by atoms with E-state index < -0.39 is 21.7 Å². The second-order valence-electron chi connectivity index (χ2n) is 5.24. The molecule has 1 aromatic rings. The first-order valence-electron chi connectivity index (χ1n) is 6.65. The van der Waals surface area contributed by atoms with Gasteiger partial charge in [0.15, 0.2) is 5.69 Å². The molecule has 1 aliphatic rings. The largest absolute Gasteiger partial charge is 0.476 e. The van der Waals surface area contributed by atoms with Crippen LogP contribution in [0.3, 0.4) is 0 Å². The second-order valence-corrected chi connectivity index (χ2v) is 6.89. The van der Waals surface area contributed by atoms with Crippen LogP contribution in [-0.4, -0.2) is 35.7 Å². The Hall–Kier alpha value is -1.41. The lowest BCUT2D eigenvalue weighted by molar-refractivity contribution is 0.0686. The molecule has 1 fully saturated rings. The third-order valence-electron chi connectivity index (χ3n) is 3.49. The number of carboxylic acid groups (broad SMARTS) is 1. The van der Waals surface area contributed by atoms with Gasteiger partial charge in [-0.15, -0.1) is 0 Å². The van der Waals surface area contributed by atoms with Gasteiger partial charge in [0.05, 0.1) is 5.69 Å². The molecule has 1 unspecified atom stereocenters. The van der Waals surface area contributed by atoms with Gasteiger partial charge in [-0.3, -0.25) is 5.10 Å². The van der Waals surface area contributed by atoms with Crippen molar-refractivity contribution in [2.24, 2.45) is 5.92 Å². The third kappa shape index (κ3) is 3.18. The summed E-state index contributed by atoms with van der Waals surface area (Å²) >= 11 is 0. The highest BCUT2D eigenvalue weighted by Crippen LogP contribution is 2.34. The first kappa shape index (κ1) is 15.0. The van der Waals surface area contributed by atoms with Crippen molar-refractivity contribution in [2.75, 3.05) is 0 Å². The number of aryl methyl sites for hydroxylation is 1. The van der Waals surface area contributed by atoms with Gasteiger partial charge in [0.2, 0.25) is 10.0 Å². The van der Waals surface area contributed by atoms with Crippen LogP contribution in [0.15, 0.2) is 4.90 Å². The highest BCUT2D eigenvalue weighted by molar-refractivity contribution is 7.89. The minimum atomic E-state index is -3.88. The zero-order valence-electron chi connectivity index (χ0n) is 11.5. The summed E-state index contributed by atoms with van der Waals surface area (Å²) in [5.74, 6) is -0.767. The molecule has 0 amide bonds. The monoisotopic (exact) mass is 301 g/mol. The maximum atomic E-state index is 12.4. The highest BCUT2D eigenvalue weighted by atomic mass is 32.2. The van der Waals surface area contributed by atoms with Crippen LogP contribution in [0, 0.1) is 12.8 Å². The molecule has 0 aromatic carbocycles. The Morgan fingerprint density at radius 3 is 2.70 bits per heavy atom. The number of H-pyrrole nitrogens is 1. The Morgan fingerprint density at radius 1 is 1.55 bits per heavy atom. The summed E-state index contributed by atoms with van der Waals surface area (Å²) in [4.78, 5) is 10.8. The van der Waals surface area contributed by atoms with Crippen molar-refractivity contribution in [1.29, 1.82) is 0 Å². The summed E-state index contributed by atoms with van der Waals surface area (Å²) < 4.78 is 27.4. The van der Waals surface area contributed by atoms with Gasteiger partial charge < -0.3 is 5.11 Å². The lowest BCUT2D eigenvalue weighted by Crippen LogP contribution is -2.35. The van der Waals surface area contributed by atoms with Gasteiger partial charge in [-0.25, -0.2) is 17.9 Å². The Balaban J connectivity index is 2.24. The molecular weight excluding hydrogens is 282 g/mol. The normalized spacial score (nSPS) is 17.1. The van der Waals surface area contributed by atoms with Gasteiger partial charge >= 0.3 is 5.97 Å². The molecule has 20 heavy (non-hydrogen) atoms. The van der Waals surface area contributed by atoms with Gasteiger partial charge in [0.25, 0.3) is 0 Å². The van der Waals surface area contributed by atoms with E-state index >= 15 is 0 Å². The van der Waals surface area contributed by atoms with Crippen molar-refractivity contribution in [3.05, 3.63) is 11.4 Å². The van der Waals surface area contributed by atoms with E-state index in [0.717, 1.165) is 19.3 Å². The molecule has 1 aromatic heterocycles. The van der Waals surface area contributed by atoms with Crippen molar-refractivity contribution < 1.29 is 18.3 Å². The van der Waals surface area contributed by atoms with E-state index in [-0.39, 0.29) is 16.6 Å². The lowest BCUT2D eigenvalue weighted by Gasteiger charge is -2.16. The molecule has 112 valence electrons. The number of aromatic amines is 1. The predicted molar refractivity (Wildman–Crippen MR) is 72.0 cm³/mol. The van der Waals surface area contributed by atoms with Crippen LogP contribution < -0.4 is 4.72 Å². The fourth-order valence-corrected chi connectivity index (χ4v) is 3.88. The van der Waals surface area contributed by atoms with Crippen molar-refractivity contribution >= 4 is 16.0 Å². The molecular formula is C12H19N3O4S. The van der Waals surface area contributed by atoms with Crippen molar-refractivity contribution in [3.63, 3.8) is 0 Å². The van der Waals surface area contributed by atoms with Crippen LogP contribution >= 0.6 is 0 Å². The molecule has 7 nitrogen and oxygen atoms in total. The summed E-state index contributed by atoms with van der Waals surface area (Å²) in [6.07, 6.45) is 3.76. The number of carbonyl (C=O) groups is 1. The van der Waals surface area contributed by atoms with E-state index in [2.05, 4.69) is 14.9 Å². The van der Waals surface area contributed by atoms with Crippen molar-refractivity contribution in [1.82, 2.24) is 14.9 Å². The molecule has 1 heterocycles. The third-order valence-corrected chi connectivity index (χ3v) is 5.17. The molecule has 2 rings (SSSR count). The Kier molecular flexibility index (Phi) is 4.14. The van der Waals surface area contributed by atoms with Crippen LogP contribution in [0.25, 0.3) is 0 Å². The van der Waals surface area contributed by atoms with Crippen LogP contribution in [0.2, 0.25) is 0 Å². The molecule has 0 radical (unpaired) electrons. The maximum Gasteiger partial charge on any atom is 0.357 e. The predicted octanol–water partition coefficient (Wildman–Crippen LogP) is 1.27. The average Bonchev–Trinajstić information content (AvgIpc) is 3.07. The Morgan fingerprint density at radius 2 is 2.20 bits per heavy atom. The zero-order chi connectivity index (χ0) is 14.9. The average molecular weight is 301 g/mol. The number of hydrogen-bond acceptors (Lipinski definition) is 4. The van der Waals surface area contributed by atoms with Gasteiger partial charge in [-0.1, -0.05) is 19.8 Å². The number of aromatic nitrogens is 2. The van der Waals surface area contributed by atoms with Crippen molar-refractivity contribution in [2.45, 2.75) is 50.5 Å². The van der Waals surface area contributed by atoms with E-state index in [0.29, 0.717) is 12.3 Å². The molecule has 1 saturated carbocycles. The Bertz CT molecular complexity index is 604. The molecule has 0 bridgehead atoms. The van der Waals surface area contributed by atoms with Crippen LogP contribution in [0.5, 0.6) is 0 Å². The number of nitrogens with zero attached hydrogens (tertiary/aromatic N) is 1. The van der Waals surface area contributed by atoms with Crippen LogP contribution in [0.1, 0.15) is 48.8 Å². The van der Waals surface area contributed by atoms with E-state index in [1.165, 1.54) is 6.92 Å². The maximum absolute atomic E-state index is 12.4. The van der Waals surface area contributed by atoms with Crippen molar-refractivity contribution in [3.8, 4) is 0 Å². The summed E-state index contributed by atoms with van der Waals surface area (Å²) in [5, 5.41) is 15.0. The van der Waals surface area contributed by atoms with E-state index in [4.69, 9.17) is 5.11 Å². The number of sulfonamides is 1. The van der Waals surface area contributed by atoms with E-state index in [9.17, 15) is 13.2 Å². The zero-order valence-corrected chi connectivity index (χ0v) is 12.3. The van der Waals surface area contributed by atoms with Gasteiger partial charge in [-0.2, -0.15) is 5.10 Å². The molecule has 8 heteroatoms. The minimum Gasteiger partial charge on any atom is -0.476 e. The van der Waals surface area contributed by atoms with Gasteiger partial charge in [0, 0.05) is 6.04 Å². The number of rotatable bonds is 7. The molecule has 1 atom stereocenters. The van der Waals surface area contributed by atoms with Gasteiger partial charge in [-0.05, 0) is 25.7 Å². The number of carboxylic acids is 1. The number of aromatic carboxylic acids is 1. The topological polar surface area (TPSA) is 112 Å². The first-order valence-corrected chi connectivity index (χ1v) is 8.14. The standard InChI is InChI=1S/C12H19N3O4S/c1-3-9(6-8-4-5-8)15-20(18,19)11-7(2)13-14-10(11)12(16)17/h8-9,15H,3-6H2,1-2H3,(H,13,14)(H,16,17). The summed E-state index contributed by atoms with van der Waals surface area (Å²) in [6, 6.07) is -0.163. The number of nitrogens with one attached hydrogen (secondary N) is 2. The lowest BCUT2D eigenvalue weighted by atomic mass is 10.1. The Labute approximate surface area is 117 Å². The van der Waals surface area contributed by atoms with E-state index in [1.54, 1.807) is 0 Å². The molecule has 0 aliphatic heterocycles. The van der Waals surface area contributed by atoms with Gasteiger partial charge in [0.1, 0.15) is 4.90 Å². The number of hydrogen-bond donors (Lipinski definition) is 3. The fraction of sp³-hybridized carbons (Fsp3) is 0.667. The highest BCUT2D eigenvalue weighted by Gasteiger charge is 2.32. The SMILES string of the molecule is CCC(CC1CC1)NS(=O)(=O)c1c(C(=O)O)n[nH]c1C. The molecule has 0 spiro atoms. The molecule has 3 N–H and O–H groups in total. The fourth-order valence-electron chi connectivity index (χ4n) is 2.23. The van der Waals surface area contributed by atoms with Crippen LogP contribution in [-0.2, 0) is 10.0 Å². The summed E-state index contributed by atoms with van der Waals surface area (Å²) in [6.45, 7) is 3.41. The minimum absolute atomic E-state index is 0.163. The molecule has 1 aliphatic carbocycles. The summed E-state index contributed by atoms with van der Waals surface area (Å²) in [5.41, 5.74) is -0.229. The quantitative estimate of drug-likeness (QED) is 0.702. The smallest absolute Gasteiger partial charge is 0.357 e. The first-order chi connectivity index (χ1) is 9.35. The second kappa shape index (κ2) is 5.53. The van der Waals surface area contributed by atoms with E-state index in [1.807, 2.05) is 6.92 Å².